The van der Waals surface area contributed by atoms with Crippen molar-refractivity contribution in [2.24, 2.45) is 11.8 Å². The van der Waals surface area contributed by atoms with Crippen molar-refractivity contribution in [1.29, 1.82) is 0 Å². The smallest absolute Gasteiger partial charge is 0.132 e. The summed E-state index contributed by atoms with van der Waals surface area (Å²) < 4.78 is 6.96. The van der Waals surface area contributed by atoms with E-state index in [0.29, 0.717) is 11.8 Å². The van der Waals surface area contributed by atoms with Gasteiger partial charge < -0.3 is 4.74 Å². The van der Waals surface area contributed by atoms with Gasteiger partial charge in [-0.2, -0.15) is 12.6 Å². The number of para-hydroxylation sites is 1. The minimum Gasteiger partial charge on any atom is -0.492 e. The molecule has 1 unspecified atom stereocenters. The van der Waals surface area contributed by atoms with E-state index < -0.39 is 0 Å². The molecule has 1 aromatic rings. The fourth-order valence-corrected chi connectivity index (χ4v) is 2.28. The van der Waals surface area contributed by atoms with Crippen molar-refractivity contribution < 1.29 is 4.74 Å². The fourth-order valence-electron chi connectivity index (χ4n) is 1.21. The third-order valence-corrected chi connectivity index (χ3v) is 3.83. The quantitative estimate of drug-likeness (QED) is 0.634. The highest BCUT2D eigenvalue weighted by molar-refractivity contribution is 14.1. The Labute approximate surface area is 111 Å². The Morgan fingerprint density at radius 2 is 2.00 bits per heavy atom. The van der Waals surface area contributed by atoms with Gasteiger partial charge in [0.05, 0.1) is 10.2 Å². The van der Waals surface area contributed by atoms with Gasteiger partial charge in [-0.1, -0.05) is 26.0 Å². The number of hydrogen-bond acceptors (Lipinski definition) is 2. The molecule has 0 bridgehead atoms. The van der Waals surface area contributed by atoms with Crippen molar-refractivity contribution in [3.63, 3.8) is 0 Å². The van der Waals surface area contributed by atoms with Gasteiger partial charge in [0.25, 0.3) is 0 Å². The van der Waals surface area contributed by atoms with Gasteiger partial charge in [-0.3, -0.25) is 0 Å². The minimum atomic E-state index is 0.518. The van der Waals surface area contributed by atoms with Gasteiger partial charge in [-0.05, 0) is 46.4 Å². The van der Waals surface area contributed by atoms with Gasteiger partial charge in [0.15, 0.2) is 0 Å². The Hall–Kier alpha value is 0.100. The zero-order valence-corrected chi connectivity index (χ0v) is 12.2. The molecule has 0 heterocycles. The summed E-state index contributed by atoms with van der Waals surface area (Å²) in [6, 6.07) is 8.09. The minimum absolute atomic E-state index is 0.518. The number of ether oxygens (including phenoxy) is 1. The Bertz CT molecular complexity index is 301. The van der Waals surface area contributed by atoms with E-state index in [0.717, 1.165) is 21.7 Å². The largest absolute Gasteiger partial charge is 0.492 e. The second-order valence-corrected chi connectivity index (χ2v) is 5.46. The monoisotopic (exact) mass is 336 g/mol. The molecule has 0 radical (unpaired) electrons. The number of benzene rings is 1. The average Bonchev–Trinajstić information content (AvgIpc) is 2.21. The maximum absolute atomic E-state index is 5.79. The highest BCUT2D eigenvalue weighted by atomic mass is 127. The first-order valence-electron chi connectivity index (χ1n) is 5.13. The normalized spacial score (nSPS) is 12.9. The lowest BCUT2D eigenvalue weighted by Gasteiger charge is -2.19. The maximum Gasteiger partial charge on any atom is 0.132 e. The molecule has 0 fully saturated rings. The molecule has 0 saturated carbocycles. The molecule has 0 aliphatic heterocycles. The van der Waals surface area contributed by atoms with Gasteiger partial charge >= 0.3 is 0 Å². The average molecular weight is 336 g/mol. The van der Waals surface area contributed by atoms with E-state index in [9.17, 15) is 0 Å². The standard InChI is InChI=1S/C12H17IOS/c1-9(2)10(8-15)7-14-12-6-4-3-5-11(12)13/h3-6,9-10,15H,7-8H2,1-2H3. The molecule has 0 aliphatic rings. The molecule has 0 amide bonds. The molecule has 0 N–H and O–H groups in total. The van der Waals surface area contributed by atoms with Crippen LogP contribution in [-0.4, -0.2) is 12.4 Å². The summed E-state index contributed by atoms with van der Waals surface area (Å²) >= 11 is 6.64. The molecule has 15 heavy (non-hydrogen) atoms. The Morgan fingerprint density at radius 1 is 1.33 bits per heavy atom. The van der Waals surface area contributed by atoms with Crippen molar-refractivity contribution >= 4 is 35.2 Å². The van der Waals surface area contributed by atoms with E-state index >= 15 is 0 Å². The number of hydrogen-bond donors (Lipinski definition) is 1. The SMILES string of the molecule is CC(C)C(CS)COc1ccccc1I. The van der Waals surface area contributed by atoms with Gasteiger partial charge in [-0.15, -0.1) is 0 Å². The molecular formula is C12H17IOS. The van der Waals surface area contributed by atoms with Crippen LogP contribution in [0.15, 0.2) is 24.3 Å². The lowest BCUT2D eigenvalue weighted by molar-refractivity contribution is 0.225. The van der Waals surface area contributed by atoms with Gasteiger partial charge in [-0.25, -0.2) is 0 Å². The zero-order chi connectivity index (χ0) is 11.3. The highest BCUT2D eigenvalue weighted by Gasteiger charge is 2.12. The van der Waals surface area contributed by atoms with E-state index in [1.165, 1.54) is 0 Å². The third-order valence-electron chi connectivity index (χ3n) is 2.47. The van der Waals surface area contributed by atoms with E-state index in [1.807, 2.05) is 18.2 Å². The second-order valence-electron chi connectivity index (χ2n) is 3.93. The summed E-state index contributed by atoms with van der Waals surface area (Å²) in [4.78, 5) is 0. The molecule has 0 aliphatic carbocycles. The van der Waals surface area contributed by atoms with Gasteiger partial charge in [0, 0.05) is 5.92 Å². The van der Waals surface area contributed by atoms with Crippen LogP contribution in [0.1, 0.15) is 13.8 Å². The predicted molar refractivity (Wildman–Crippen MR) is 76.8 cm³/mol. The van der Waals surface area contributed by atoms with E-state index in [4.69, 9.17) is 4.74 Å². The summed E-state index contributed by atoms with van der Waals surface area (Å²) in [5.41, 5.74) is 0. The molecule has 1 aromatic carbocycles. The van der Waals surface area contributed by atoms with Crippen molar-refractivity contribution in [3.05, 3.63) is 27.8 Å². The molecule has 0 saturated heterocycles. The molecule has 1 nitrogen and oxygen atoms in total. The van der Waals surface area contributed by atoms with E-state index in [1.54, 1.807) is 0 Å². The maximum atomic E-state index is 5.79. The number of thiol groups is 1. The van der Waals surface area contributed by atoms with Crippen LogP contribution in [0.4, 0.5) is 0 Å². The summed E-state index contributed by atoms with van der Waals surface area (Å²) in [6.07, 6.45) is 0. The van der Waals surface area contributed by atoms with Crippen LogP contribution in [0.5, 0.6) is 5.75 Å². The molecule has 0 spiro atoms. The predicted octanol–water partition coefficient (Wildman–Crippen LogP) is 3.87. The van der Waals surface area contributed by atoms with Crippen molar-refractivity contribution in [2.75, 3.05) is 12.4 Å². The fraction of sp³-hybridized carbons (Fsp3) is 0.500. The van der Waals surface area contributed by atoms with E-state index in [-0.39, 0.29) is 0 Å². The Balaban J connectivity index is 2.53. The lowest BCUT2D eigenvalue weighted by atomic mass is 9.99. The molecule has 3 heteroatoms. The highest BCUT2D eigenvalue weighted by Crippen LogP contribution is 2.21. The number of rotatable bonds is 5. The summed E-state index contributed by atoms with van der Waals surface area (Å²) in [7, 11) is 0. The van der Waals surface area contributed by atoms with Crippen LogP contribution in [0, 0.1) is 15.4 Å². The van der Waals surface area contributed by atoms with Crippen LogP contribution in [0.3, 0.4) is 0 Å². The molecule has 0 aromatic heterocycles. The first-order valence-corrected chi connectivity index (χ1v) is 6.84. The number of halogens is 1. The molecular weight excluding hydrogens is 319 g/mol. The van der Waals surface area contributed by atoms with Gasteiger partial charge in [0.1, 0.15) is 5.75 Å². The lowest BCUT2D eigenvalue weighted by Crippen LogP contribution is -2.19. The van der Waals surface area contributed by atoms with Crippen LogP contribution in [0.25, 0.3) is 0 Å². The van der Waals surface area contributed by atoms with Gasteiger partial charge in [0.2, 0.25) is 0 Å². The van der Waals surface area contributed by atoms with Crippen molar-refractivity contribution in [3.8, 4) is 5.75 Å². The van der Waals surface area contributed by atoms with Crippen LogP contribution in [0.2, 0.25) is 0 Å². The summed E-state index contributed by atoms with van der Waals surface area (Å²) in [6.45, 7) is 5.17. The molecule has 1 atom stereocenters. The van der Waals surface area contributed by atoms with Crippen molar-refractivity contribution in [2.45, 2.75) is 13.8 Å². The molecule has 1 rings (SSSR count). The van der Waals surface area contributed by atoms with Crippen LogP contribution < -0.4 is 4.74 Å². The zero-order valence-electron chi connectivity index (χ0n) is 9.11. The van der Waals surface area contributed by atoms with Crippen LogP contribution in [-0.2, 0) is 0 Å². The van der Waals surface area contributed by atoms with Crippen LogP contribution >= 0.6 is 35.2 Å². The second kappa shape index (κ2) is 6.63. The van der Waals surface area contributed by atoms with E-state index in [2.05, 4.69) is 55.1 Å². The Kier molecular flexibility index (Phi) is 5.82. The topological polar surface area (TPSA) is 9.23 Å². The first-order chi connectivity index (χ1) is 7.15. The van der Waals surface area contributed by atoms with Crippen molar-refractivity contribution in [1.82, 2.24) is 0 Å². The Morgan fingerprint density at radius 3 is 2.53 bits per heavy atom. The summed E-state index contributed by atoms with van der Waals surface area (Å²) in [5.74, 6) is 2.99. The first kappa shape index (κ1) is 13.2. The third kappa shape index (κ3) is 4.23. The summed E-state index contributed by atoms with van der Waals surface area (Å²) in [5, 5.41) is 0. The molecule has 84 valence electrons.